The molecule has 1 atom stereocenters. The number of benzene rings is 2. The molecule has 3 N–H and O–H groups in total. The van der Waals surface area contributed by atoms with E-state index in [0.717, 1.165) is 11.1 Å². The van der Waals surface area contributed by atoms with Gasteiger partial charge in [-0.25, -0.2) is 0 Å². The number of para-hydroxylation sites is 1. The highest BCUT2D eigenvalue weighted by molar-refractivity contribution is 6.04. The highest BCUT2D eigenvalue weighted by Crippen LogP contribution is 2.20. The van der Waals surface area contributed by atoms with Crippen molar-refractivity contribution >= 4 is 17.5 Å². The number of carbonyl (C=O) groups is 2. The van der Waals surface area contributed by atoms with Gasteiger partial charge in [-0.2, -0.15) is 0 Å². The van der Waals surface area contributed by atoms with E-state index >= 15 is 0 Å². The van der Waals surface area contributed by atoms with Crippen LogP contribution in [0.1, 0.15) is 34.8 Å². The van der Waals surface area contributed by atoms with Gasteiger partial charge in [0.25, 0.3) is 11.8 Å². The van der Waals surface area contributed by atoms with Crippen LogP contribution in [0.15, 0.2) is 42.5 Å². The van der Waals surface area contributed by atoms with Crippen molar-refractivity contribution in [1.29, 1.82) is 0 Å². The van der Waals surface area contributed by atoms with Crippen molar-refractivity contribution in [2.45, 2.75) is 33.3 Å². The van der Waals surface area contributed by atoms with Crippen LogP contribution < -0.4 is 15.8 Å². The number of anilines is 1. The van der Waals surface area contributed by atoms with E-state index in [1.54, 1.807) is 24.3 Å². The lowest BCUT2D eigenvalue weighted by Crippen LogP contribution is -2.33. The summed E-state index contributed by atoms with van der Waals surface area (Å²) < 4.78 is 5.81. The predicted molar refractivity (Wildman–Crippen MR) is 94.2 cm³/mol. The van der Waals surface area contributed by atoms with Crippen LogP contribution in [-0.4, -0.2) is 17.9 Å². The molecular formula is C19H22N2O3. The average molecular weight is 326 g/mol. The Kier molecular flexibility index (Phi) is 5.58. The number of hydrogen-bond acceptors (Lipinski definition) is 3. The second kappa shape index (κ2) is 7.64. The molecule has 126 valence electrons. The van der Waals surface area contributed by atoms with Crippen LogP contribution in [0.4, 0.5) is 5.69 Å². The Morgan fingerprint density at radius 1 is 1.12 bits per heavy atom. The van der Waals surface area contributed by atoms with Gasteiger partial charge in [0.05, 0.1) is 11.3 Å². The van der Waals surface area contributed by atoms with Crippen molar-refractivity contribution < 1.29 is 14.3 Å². The molecular weight excluding hydrogens is 304 g/mol. The van der Waals surface area contributed by atoms with Crippen molar-refractivity contribution in [2.75, 3.05) is 5.32 Å². The Morgan fingerprint density at radius 2 is 1.83 bits per heavy atom. The Bertz CT molecular complexity index is 756. The lowest BCUT2D eigenvalue weighted by atomic mass is 10.1. The molecule has 0 aromatic heterocycles. The molecule has 0 heterocycles. The normalized spacial score (nSPS) is 11.6. The Balaban J connectivity index is 2.14. The zero-order chi connectivity index (χ0) is 17.7. The lowest BCUT2D eigenvalue weighted by Gasteiger charge is -2.18. The second-order valence-corrected chi connectivity index (χ2v) is 5.66. The molecule has 0 radical (unpaired) electrons. The van der Waals surface area contributed by atoms with Crippen LogP contribution >= 0.6 is 0 Å². The molecule has 2 aromatic rings. The molecule has 0 fully saturated rings. The second-order valence-electron chi connectivity index (χ2n) is 5.66. The summed E-state index contributed by atoms with van der Waals surface area (Å²) in [5.41, 5.74) is 8.25. The monoisotopic (exact) mass is 326 g/mol. The van der Waals surface area contributed by atoms with Gasteiger partial charge < -0.3 is 15.8 Å². The molecule has 2 aromatic carbocycles. The molecule has 5 nitrogen and oxygen atoms in total. The zero-order valence-electron chi connectivity index (χ0n) is 14.1. The third-order valence-electron chi connectivity index (χ3n) is 3.87. The van der Waals surface area contributed by atoms with Crippen molar-refractivity contribution in [3.05, 3.63) is 59.2 Å². The van der Waals surface area contributed by atoms with Gasteiger partial charge in [0.2, 0.25) is 0 Å². The van der Waals surface area contributed by atoms with Gasteiger partial charge in [0.1, 0.15) is 5.75 Å². The third kappa shape index (κ3) is 4.13. The van der Waals surface area contributed by atoms with Gasteiger partial charge >= 0.3 is 0 Å². The van der Waals surface area contributed by atoms with E-state index < -0.39 is 12.0 Å². The molecule has 1 unspecified atom stereocenters. The quantitative estimate of drug-likeness (QED) is 0.855. The van der Waals surface area contributed by atoms with Crippen molar-refractivity contribution in [3.63, 3.8) is 0 Å². The number of rotatable bonds is 6. The smallest absolute Gasteiger partial charge is 0.265 e. The fraction of sp³-hybridized carbons (Fsp3) is 0.263. The first kappa shape index (κ1) is 17.5. The summed E-state index contributed by atoms with van der Waals surface area (Å²) in [6.07, 6.45) is -0.162. The Labute approximate surface area is 141 Å². The number of hydrogen-bond donors (Lipinski definition) is 2. The standard InChI is InChI=1S/C19H22N2O3/c1-4-17(24-14-10-9-12(2)13(3)11-14)19(23)21-16-8-6-5-7-15(16)18(20)22/h5-11,17H,4H2,1-3H3,(H2,20,22)(H,21,23). The molecule has 0 saturated heterocycles. The molecule has 2 amide bonds. The number of amides is 2. The first-order valence-electron chi connectivity index (χ1n) is 7.86. The summed E-state index contributed by atoms with van der Waals surface area (Å²) in [6, 6.07) is 12.3. The topological polar surface area (TPSA) is 81.4 Å². The number of carbonyl (C=O) groups excluding carboxylic acids is 2. The van der Waals surface area contributed by atoms with Crippen LogP contribution in [0, 0.1) is 13.8 Å². The van der Waals surface area contributed by atoms with Crippen molar-refractivity contribution in [2.24, 2.45) is 5.73 Å². The highest BCUT2D eigenvalue weighted by atomic mass is 16.5. The summed E-state index contributed by atoms with van der Waals surface area (Å²) in [6.45, 7) is 5.88. The molecule has 0 aliphatic carbocycles. The summed E-state index contributed by atoms with van der Waals surface area (Å²) in [5.74, 6) is -0.262. The van der Waals surface area contributed by atoms with E-state index in [0.29, 0.717) is 17.9 Å². The predicted octanol–water partition coefficient (Wildman–Crippen LogP) is 3.20. The van der Waals surface area contributed by atoms with Gasteiger partial charge in [-0.15, -0.1) is 0 Å². The molecule has 0 bridgehead atoms. The summed E-state index contributed by atoms with van der Waals surface area (Å²) in [7, 11) is 0. The zero-order valence-corrected chi connectivity index (χ0v) is 14.1. The Hall–Kier alpha value is -2.82. The lowest BCUT2D eigenvalue weighted by molar-refractivity contribution is -0.122. The van der Waals surface area contributed by atoms with E-state index in [9.17, 15) is 9.59 Å². The SMILES string of the molecule is CCC(Oc1ccc(C)c(C)c1)C(=O)Nc1ccccc1C(N)=O. The minimum Gasteiger partial charge on any atom is -0.481 e. The molecule has 0 spiro atoms. The van der Waals surface area contributed by atoms with Crippen molar-refractivity contribution in [1.82, 2.24) is 0 Å². The summed E-state index contributed by atoms with van der Waals surface area (Å²) in [4.78, 5) is 23.9. The van der Waals surface area contributed by atoms with Crippen molar-refractivity contribution in [3.8, 4) is 5.75 Å². The Morgan fingerprint density at radius 3 is 2.46 bits per heavy atom. The van der Waals surface area contributed by atoms with Gasteiger partial charge in [-0.3, -0.25) is 9.59 Å². The number of ether oxygens (including phenoxy) is 1. The first-order valence-corrected chi connectivity index (χ1v) is 7.86. The van der Waals surface area contributed by atoms with Crippen LogP contribution in [0.5, 0.6) is 5.75 Å². The molecule has 0 aliphatic heterocycles. The molecule has 2 rings (SSSR count). The van der Waals surface area contributed by atoms with E-state index in [1.165, 1.54) is 0 Å². The fourth-order valence-electron chi connectivity index (χ4n) is 2.29. The third-order valence-corrected chi connectivity index (χ3v) is 3.87. The van der Waals surface area contributed by atoms with Crippen LogP contribution in [0.3, 0.4) is 0 Å². The fourth-order valence-corrected chi connectivity index (χ4v) is 2.29. The van der Waals surface area contributed by atoms with Crippen LogP contribution in [0.25, 0.3) is 0 Å². The van der Waals surface area contributed by atoms with Gasteiger partial charge in [0, 0.05) is 0 Å². The molecule has 0 saturated carbocycles. The summed E-state index contributed by atoms with van der Waals surface area (Å²) >= 11 is 0. The molecule has 24 heavy (non-hydrogen) atoms. The maximum atomic E-state index is 12.5. The van der Waals surface area contributed by atoms with Gasteiger partial charge in [-0.05, 0) is 55.7 Å². The maximum absolute atomic E-state index is 12.5. The maximum Gasteiger partial charge on any atom is 0.265 e. The summed E-state index contributed by atoms with van der Waals surface area (Å²) in [5, 5.41) is 2.72. The molecule has 0 aliphatic rings. The molecule has 5 heteroatoms. The van der Waals surface area contributed by atoms with Crippen LogP contribution in [-0.2, 0) is 4.79 Å². The highest BCUT2D eigenvalue weighted by Gasteiger charge is 2.20. The van der Waals surface area contributed by atoms with Crippen LogP contribution in [0.2, 0.25) is 0 Å². The number of aryl methyl sites for hydroxylation is 2. The van der Waals surface area contributed by atoms with E-state index in [-0.39, 0.29) is 11.5 Å². The minimum atomic E-state index is -0.659. The van der Waals surface area contributed by atoms with Gasteiger partial charge in [-0.1, -0.05) is 25.1 Å². The first-order chi connectivity index (χ1) is 11.4. The van der Waals surface area contributed by atoms with E-state index in [2.05, 4.69) is 5.32 Å². The van der Waals surface area contributed by atoms with E-state index in [4.69, 9.17) is 10.5 Å². The minimum absolute atomic E-state index is 0.270. The number of primary amides is 1. The number of nitrogens with one attached hydrogen (secondary N) is 1. The largest absolute Gasteiger partial charge is 0.481 e. The van der Waals surface area contributed by atoms with Gasteiger partial charge in [0.15, 0.2) is 6.10 Å². The number of nitrogens with two attached hydrogens (primary N) is 1. The average Bonchev–Trinajstić information content (AvgIpc) is 2.56. The van der Waals surface area contributed by atoms with E-state index in [1.807, 2.05) is 39.0 Å².